The van der Waals surface area contributed by atoms with E-state index in [1.165, 1.54) is 21.1 Å². The van der Waals surface area contributed by atoms with Crippen molar-refractivity contribution in [1.82, 2.24) is 14.2 Å². The summed E-state index contributed by atoms with van der Waals surface area (Å²) in [5.41, 5.74) is 0.935. The van der Waals surface area contributed by atoms with Crippen molar-refractivity contribution in [3.8, 4) is 0 Å². The summed E-state index contributed by atoms with van der Waals surface area (Å²) in [6, 6.07) is 13.6. The molecule has 1 saturated heterocycles. The Kier molecular flexibility index (Phi) is 6.12. The van der Waals surface area contributed by atoms with Crippen molar-refractivity contribution in [3.63, 3.8) is 0 Å². The van der Waals surface area contributed by atoms with Crippen molar-refractivity contribution in [2.75, 3.05) is 38.0 Å². The molecule has 1 aliphatic rings. The van der Waals surface area contributed by atoms with Crippen molar-refractivity contribution in [2.24, 2.45) is 0 Å². The Labute approximate surface area is 179 Å². The molecule has 1 amide bonds. The number of aromatic nitrogens is 1. The van der Waals surface area contributed by atoms with Gasteiger partial charge in [0.2, 0.25) is 15.9 Å². The van der Waals surface area contributed by atoms with Gasteiger partial charge in [-0.2, -0.15) is 4.31 Å². The second kappa shape index (κ2) is 8.95. The van der Waals surface area contributed by atoms with Crippen LogP contribution in [0.15, 0.2) is 60.3 Å². The van der Waals surface area contributed by atoms with Crippen LogP contribution in [0.5, 0.6) is 0 Å². The summed E-state index contributed by atoms with van der Waals surface area (Å²) in [6.07, 6.45) is 5.00. The number of hydrogen-bond donors (Lipinski definition) is 1. The third-order valence-corrected chi connectivity index (χ3v) is 7.48. The second-order valence-corrected chi connectivity index (χ2v) is 9.85. The third-order valence-electron chi connectivity index (χ3n) is 4.88. The number of nitrogens with zero attached hydrogens (tertiary/aromatic N) is 3. The summed E-state index contributed by atoms with van der Waals surface area (Å²) in [6.45, 7) is 1.66. The monoisotopic (exact) mass is 442 g/mol. The molecule has 30 heavy (non-hydrogen) atoms. The van der Waals surface area contributed by atoms with Crippen molar-refractivity contribution in [2.45, 2.75) is 0 Å². The van der Waals surface area contributed by atoms with Crippen molar-refractivity contribution < 1.29 is 13.2 Å². The lowest BCUT2D eigenvalue weighted by molar-refractivity contribution is -0.133. The van der Waals surface area contributed by atoms with Crippen LogP contribution in [0.25, 0.3) is 16.2 Å². The molecular formula is C21H22N4O3S2. The molecule has 1 N–H and O–H groups in total. The lowest BCUT2D eigenvalue weighted by Crippen LogP contribution is -2.52. The van der Waals surface area contributed by atoms with Gasteiger partial charge >= 0.3 is 0 Å². The number of fused-ring (bicyclic) bond motifs is 1. The summed E-state index contributed by atoms with van der Waals surface area (Å²) in [5, 5.41) is 5.51. The fourth-order valence-electron chi connectivity index (χ4n) is 3.27. The van der Waals surface area contributed by atoms with Gasteiger partial charge in [-0.25, -0.2) is 8.42 Å². The van der Waals surface area contributed by atoms with E-state index in [9.17, 15) is 13.2 Å². The number of amides is 1. The molecule has 9 heteroatoms. The van der Waals surface area contributed by atoms with Crippen LogP contribution in [0.2, 0.25) is 0 Å². The average Bonchev–Trinajstić information content (AvgIpc) is 3.17. The summed E-state index contributed by atoms with van der Waals surface area (Å²) in [7, 11) is -3.65. The Hall–Kier alpha value is -2.75. The standard InChI is InChI=1S/C21H22N4O3S2/c26-21-16-25(13-12-24(21)11-10-23-18-5-8-22-9-6-18)30(27,28)14-7-19-15-17-3-1-2-4-20(17)29-19/h1-9,14-15H,10-13,16H2,(H,22,23). The zero-order valence-corrected chi connectivity index (χ0v) is 17.9. The maximum atomic E-state index is 12.7. The number of carbonyl (C=O) groups excluding carboxylic acids is 1. The molecule has 4 rings (SSSR count). The number of hydrogen-bond acceptors (Lipinski definition) is 6. The molecule has 0 radical (unpaired) electrons. The normalized spacial score (nSPS) is 15.9. The number of rotatable bonds is 7. The predicted octanol–water partition coefficient (Wildman–Crippen LogP) is 2.85. The van der Waals surface area contributed by atoms with E-state index in [4.69, 9.17) is 0 Å². The van der Waals surface area contributed by atoms with Crippen LogP contribution in [0.4, 0.5) is 5.69 Å². The topological polar surface area (TPSA) is 82.6 Å². The second-order valence-electron chi connectivity index (χ2n) is 6.91. The third kappa shape index (κ3) is 4.86. The van der Waals surface area contributed by atoms with Gasteiger partial charge in [-0.15, -0.1) is 11.3 Å². The van der Waals surface area contributed by atoms with Crippen LogP contribution in [0.1, 0.15) is 4.88 Å². The van der Waals surface area contributed by atoms with Gasteiger partial charge < -0.3 is 10.2 Å². The van der Waals surface area contributed by atoms with Crippen molar-refractivity contribution >= 4 is 49.1 Å². The maximum Gasteiger partial charge on any atom is 0.238 e. The van der Waals surface area contributed by atoms with Gasteiger partial charge in [-0.3, -0.25) is 9.78 Å². The minimum absolute atomic E-state index is 0.131. The summed E-state index contributed by atoms with van der Waals surface area (Å²) in [4.78, 5) is 19.0. The highest BCUT2D eigenvalue weighted by Crippen LogP contribution is 2.26. The zero-order chi connectivity index (χ0) is 21.0. The fourth-order valence-corrected chi connectivity index (χ4v) is 5.44. The number of pyridine rings is 1. The first kappa shape index (κ1) is 20.5. The van der Waals surface area contributed by atoms with E-state index in [2.05, 4.69) is 10.3 Å². The molecule has 0 unspecified atom stereocenters. The van der Waals surface area contributed by atoms with Crippen LogP contribution in [0, 0.1) is 0 Å². The predicted molar refractivity (Wildman–Crippen MR) is 121 cm³/mol. The minimum atomic E-state index is -3.65. The van der Waals surface area contributed by atoms with Crippen LogP contribution >= 0.6 is 11.3 Å². The first-order chi connectivity index (χ1) is 14.5. The molecule has 0 spiro atoms. The average molecular weight is 443 g/mol. The Morgan fingerprint density at radius 2 is 1.93 bits per heavy atom. The van der Waals surface area contributed by atoms with Crippen LogP contribution in [0.3, 0.4) is 0 Å². The summed E-state index contributed by atoms with van der Waals surface area (Å²) < 4.78 is 27.7. The highest BCUT2D eigenvalue weighted by molar-refractivity contribution is 7.92. The van der Waals surface area contributed by atoms with E-state index in [1.807, 2.05) is 42.5 Å². The van der Waals surface area contributed by atoms with E-state index >= 15 is 0 Å². The van der Waals surface area contributed by atoms with Crippen LogP contribution in [-0.4, -0.2) is 61.2 Å². The first-order valence-corrected chi connectivity index (χ1v) is 11.9. The van der Waals surface area contributed by atoms with E-state index in [-0.39, 0.29) is 12.5 Å². The van der Waals surface area contributed by atoms with Crippen LogP contribution in [-0.2, 0) is 14.8 Å². The lowest BCUT2D eigenvalue weighted by Gasteiger charge is -2.33. The number of thiophene rings is 1. The molecule has 1 fully saturated rings. The highest BCUT2D eigenvalue weighted by atomic mass is 32.2. The molecule has 0 atom stereocenters. The van der Waals surface area contributed by atoms with Crippen molar-refractivity contribution in [1.29, 1.82) is 0 Å². The smallest absolute Gasteiger partial charge is 0.238 e. The van der Waals surface area contributed by atoms with Gasteiger partial charge in [0, 0.05) is 59.2 Å². The van der Waals surface area contributed by atoms with E-state index < -0.39 is 10.0 Å². The van der Waals surface area contributed by atoms with Gasteiger partial charge in [0.15, 0.2) is 0 Å². The summed E-state index contributed by atoms with van der Waals surface area (Å²) in [5.74, 6) is -0.184. The summed E-state index contributed by atoms with van der Waals surface area (Å²) >= 11 is 1.54. The maximum absolute atomic E-state index is 12.7. The lowest BCUT2D eigenvalue weighted by atomic mass is 10.2. The van der Waals surface area contributed by atoms with Gasteiger partial charge in [0.1, 0.15) is 0 Å². The number of benzene rings is 1. The van der Waals surface area contributed by atoms with Crippen LogP contribution < -0.4 is 5.32 Å². The highest BCUT2D eigenvalue weighted by Gasteiger charge is 2.30. The quantitative estimate of drug-likeness (QED) is 0.608. The molecule has 3 aromatic rings. The largest absolute Gasteiger partial charge is 0.383 e. The first-order valence-electron chi connectivity index (χ1n) is 9.60. The number of nitrogens with one attached hydrogen (secondary N) is 1. The fraction of sp³-hybridized carbons (Fsp3) is 0.238. The Bertz CT molecular complexity index is 1130. The number of anilines is 1. The van der Waals surface area contributed by atoms with E-state index in [0.29, 0.717) is 26.2 Å². The molecule has 0 saturated carbocycles. The number of piperazine rings is 1. The molecule has 156 valence electrons. The molecule has 0 bridgehead atoms. The SMILES string of the molecule is O=C1CN(S(=O)(=O)C=Cc2cc3ccccc3s2)CCN1CCNc1ccncc1. The van der Waals surface area contributed by atoms with Gasteiger partial charge in [-0.1, -0.05) is 18.2 Å². The molecule has 1 aromatic carbocycles. The Morgan fingerprint density at radius 1 is 1.13 bits per heavy atom. The Morgan fingerprint density at radius 3 is 2.70 bits per heavy atom. The Balaban J connectivity index is 1.32. The zero-order valence-electron chi connectivity index (χ0n) is 16.3. The molecule has 0 aliphatic carbocycles. The van der Waals surface area contributed by atoms with Crippen molar-refractivity contribution in [3.05, 3.63) is 65.1 Å². The molecule has 1 aliphatic heterocycles. The number of sulfonamides is 1. The molecule has 3 heterocycles. The van der Waals surface area contributed by atoms with E-state index in [0.717, 1.165) is 20.7 Å². The van der Waals surface area contributed by atoms with E-state index in [1.54, 1.807) is 23.4 Å². The van der Waals surface area contributed by atoms with Gasteiger partial charge in [0.05, 0.1) is 6.54 Å². The van der Waals surface area contributed by atoms with Gasteiger partial charge in [-0.05, 0) is 35.7 Å². The molecule has 7 nitrogen and oxygen atoms in total. The minimum Gasteiger partial charge on any atom is -0.383 e. The molecular weight excluding hydrogens is 420 g/mol. The molecule has 2 aromatic heterocycles. The number of carbonyl (C=O) groups is 1. The van der Waals surface area contributed by atoms with Gasteiger partial charge in [0.25, 0.3) is 0 Å².